The number of rotatable bonds is 3. The third-order valence-corrected chi connectivity index (χ3v) is 3.37. The number of hydrogen-bond acceptors (Lipinski definition) is 2. The van der Waals surface area contributed by atoms with Gasteiger partial charge in [0.1, 0.15) is 0 Å². The molecule has 0 aromatic heterocycles. The quantitative estimate of drug-likeness (QED) is 0.633. The number of nitrogens with two attached hydrogens (primary N) is 1. The number of hydrogen-bond donors (Lipinski definition) is 2. The van der Waals surface area contributed by atoms with E-state index in [0.717, 1.165) is 25.3 Å². The van der Waals surface area contributed by atoms with Gasteiger partial charge in [0.05, 0.1) is 5.56 Å². The molecule has 1 saturated carbocycles. The summed E-state index contributed by atoms with van der Waals surface area (Å²) >= 11 is 0. The van der Waals surface area contributed by atoms with Crippen LogP contribution in [0.4, 0.5) is 13.2 Å². The Morgan fingerprint density at radius 3 is 2.47 bits per heavy atom. The zero-order valence-corrected chi connectivity index (χ0v) is 9.30. The van der Waals surface area contributed by atoms with Crippen molar-refractivity contribution >= 4 is 0 Å². The average Bonchev–Trinajstić information content (AvgIpc) is 2.22. The molecule has 94 valence electrons. The monoisotopic (exact) mass is 244 g/mol. The average molecular weight is 244 g/mol. The first-order valence-corrected chi connectivity index (χ1v) is 5.65. The number of hydrazine groups is 1. The van der Waals surface area contributed by atoms with Gasteiger partial charge in [0.15, 0.2) is 0 Å². The second kappa shape index (κ2) is 4.66. The van der Waals surface area contributed by atoms with E-state index >= 15 is 0 Å². The standard InChI is InChI=1S/C12H15F3N2/c13-12(14,15)10-6-2-5-9(7-10)11(17-16)8-3-1-4-8/h2,5-8,11,17H,1,3-4,16H2. The number of benzene rings is 1. The van der Waals surface area contributed by atoms with Crippen molar-refractivity contribution in [1.29, 1.82) is 0 Å². The molecule has 1 aromatic rings. The molecular formula is C12H15F3N2. The van der Waals surface area contributed by atoms with Gasteiger partial charge in [-0.15, -0.1) is 0 Å². The molecular weight excluding hydrogens is 229 g/mol. The Balaban J connectivity index is 2.25. The topological polar surface area (TPSA) is 38.0 Å². The van der Waals surface area contributed by atoms with E-state index in [4.69, 9.17) is 5.84 Å². The van der Waals surface area contributed by atoms with E-state index in [9.17, 15) is 13.2 Å². The molecule has 2 rings (SSSR count). The summed E-state index contributed by atoms with van der Waals surface area (Å²) in [5, 5.41) is 0. The fourth-order valence-corrected chi connectivity index (χ4v) is 2.19. The minimum absolute atomic E-state index is 0.175. The van der Waals surface area contributed by atoms with E-state index in [2.05, 4.69) is 5.43 Å². The van der Waals surface area contributed by atoms with Crippen molar-refractivity contribution in [3.8, 4) is 0 Å². The largest absolute Gasteiger partial charge is 0.416 e. The number of alkyl halides is 3. The van der Waals surface area contributed by atoms with Gasteiger partial charge in [0.25, 0.3) is 0 Å². The Labute approximate surface area is 98.0 Å². The molecule has 1 unspecified atom stereocenters. The Morgan fingerprint density at radius 2 is 2.00 bits per heavy atom. The van der Waals surface area contributed by atoms with E-state index in [-0.39, 0.29) is 6.04 Å². The summed E-state index contributed by atoms with van der Waals surface area (Å²) in [6, 6.07) is 5.21. The van der Waals surface area contributed by atoms with Crippen LogP contribution in [0, 0.1) is 5.92 Å². The molecule has 2 nitrogen and oxygen atoms in total. The lowest BCUT2D eigenvalue weighted by molar-refractivity contribution is -0.137. The van der Waals surface area contributed by atoms with Gasteiger partial charge in [-0.05, 0) is 36.5 Å². The number of halogens is 3. The molecule has 0 amide bonds. The summed E-state index contributed by atoms with van der Waals surface area (Å²) in [4.78, 5) is 0. The molecule has 1 aromatic carbocycles. The first-order valence-electron chi connectivity index (χ1n) is 5.65. The maximum absolute atomic E-state index is 12.6. The predicted molar refractivity (Wildman–Crippen MR) is 58.8 cm³/mol. The Kier molecular flexibility index (Phi) is 3.40. The van der Waals surface area contributed by atoms with Crippen molar-refractivity contribution < 1.29 is 13.2 Å². The zero-order chi connectivity index (χ0) is 12.5. The summed E-state index contributed by atoms with van der Waals surface area (Å²) in [5.74, 6) is 5.79. The van der Waals surface area contributed by atoms with Crippen LogP contribution in [0.25, 0.3) is 0 Å². The molecule has 1 aliphatic rings. The molecule has 17 heavy (non-hydrogen) atoms. The van der Waals surface area contributed by atoms with Crippen LogP contribution in [-0.2, 0) is 6.18 Å². The van der Waals surface area contributed by atoms with Crippen LogP contribution < -0.4 is 11.3 Å². The Hall–Kier alpha value is -1.07. The van der Waals surface area contributed by atoms with E-state index in [0.29, 0.717) is 11.5 Å². The third-order valence-electron chi connectivity index (χ3n) is 3.37. The first kappa shape index (κ1) is 12.4. The highest BCUT2D eigenvalue weighted by molar-refractivity contribution is 5.28. The maximum Gasteiger partial charge on any atom is 0.416 e. The smallest absolute Gasteiger partial charge is 0.271 e. The lowest BCUT2D eigenvalue weighted by Gasteiger charge is -2.33. The minimum Gasteiger partial charge on any atom is -0.271 e. The maximum atomic E-state index is 12.6. The van der Waals surface area contributed by atoms with Crippen molar-refractivity contribution in [2.75, 3.05) is 0 Å². The number of nitrogens with one attached hydrogen (secondary N) is 1. The van der Waals surface area contributed by atoms with Crippen LogP contribution in [0.1, 0.15) is 36.4 Å². The van der Waals surface area contributed by atoms with Crippen LogP contribution in [0.2, 0.25) is 0 Å². The van der Waals surface area contributed by atoms with Gasteiger partial charge in [0.2, 0.25) is 0 Å². The summed E-state index contributed by atoms with van der Waals surface area (Å²) in [7, 11) is 0. The minimum atomic E-state index is -4.30. The van der Waals surface area contributed by atoms with Crippen molar-refractivity contribution in [1.82, 2.24) is 5.43 Å². The Morgan fingerprint density at radius 1 is 1.29 bits per heavy atom. The van der Waals surface area contributed by atoms with E-state index in [1.807, 2.05) is 0 Å². The summed E-state index contributed by atoms with van der Waals surface area (Å²) in [6.07, 6.45) is -1.13. The van der Waals surface area contributed by atoms with Crippen LogP contribution >= 0.6 is 0 Å². The molecule has 0 bridgehead atoms. The lowest BCUT2D eigenvalue weighted by atomic mass is 9.77. The van der Waals surface area contributed by atoms with Crippen LogP contribution in [0.5, 0.6) is 0 Å². The van der Waals surface area contributed by atoms with Crippen LogP contribution in [0.3, 0.4) is 0 Å². The fraction of sp³-hybridized carbons (Fsp3) is 0.500. The van der Waals surface area contributed by atoms with E-state index < -0.39 is 11.7 Å². The molecule has 1 fully saturated rings. The second-order valence-electron chi connectivity index (χ2n) is 4.46. The molecule has 5 heteroatoms. The summed E-state index contributed by atoms with van der Waals surface area (Å²) < 4.78 is 37.7. The van der Waals surface area contributed by atoms with Crippen molar-refractivity contribution in [3.05, 3.63) is 35.4 Å². The molecule has 0 saturated heterocycles. The van der Waals surface area contributed by atoms with Crippen LogP contribution in [-0.4, -0.2) is 0 Å². The highest BCUT2D eigenvalue weighted by atomic mass is 19.4. The third kappa shape index (κ3) is 2.61. The molecule has 1 aliphatic carbocycles. The van der Waals surface area contributed by atoms with Crippen LogP contribution in [0.15, 0.2) is 24.3 Å². The highest BCUT2D eigenvalue weighted by Crippen LogP contribution is 2.38. The van der Waals surface area contributed by atoms with Crippen molar-refractivity contribution in [2.45, 2.75) is 31.5 Å². The molecule has 3 N–H and O–H groups in total. The molecule has 0 spiro atoms. The van der Waals surface area contributed by atoms with E-state index in [1.54, 1.807) is 6.07 Å². The summed E-state index contributed by atoms with van der Waals surface area (Å²) in [6.45, 7) is 0. The second-order valence-corrected chi connectivity index (χ2v) is 4.46. The van der Waals surface area contributed by atoms with Gasteiger partial charge >= 0.3 is 6.18 Å². The highest BCUT2D eigenvalue weighted by Gasteiger charge is 2.33. The predicted octanol–water partition coefficient (Wildman–Crippen LogP) is 3.01. The van der Waals surface area contributed by atoms with E-state index in [1.165, 1.54) is 12.1 Å². The van der Waals surface area contributed by atoms with Crippen molar-refractivity contribution in [2.24, 2.45) is 11.8 Å². The SMILES string of the molecule is NNC(c1cccc(C(F)(F)F)c1)C1CCC1. The van der Waals surface area contributed by atoms with Gasteiger partial charge in [-0.2, -0.15) is 13.2 Å². The molecule has 0 radical (unpaired) electrons. The Bertz CT molecular complexity index is 386. The fourth-order valence-electron chi connectivity index (χ4n) is 2.19. The lowest BCUT2D eigenvalue weighted by Crippen LogP contribution is -2.36. The summed E-state index contributed by atoms with van der Waals surface area (Å²) in [5.41, 5.74) is 2.63. The zero-order valence-electron chi connectivity index (χ0n) is 9.30. The van der Waals surface area contributed by atoms with Gasteiger partial charge in [-0.1, -0.05) is 18.6 Å². The molecule has 0 aliphatic heterocycles. The molecule has 1 atom stereocenters. The van der Waals surface area contributed by atoms with Gasteiger partial charge in [0, 0.05) is 6.04 Å². The van der Waals surface area contributed by atoms with Gasteiger partial charge in [-0.25, -0.2) is 0 Å². The first-order chi connectivity index (χ1) is 8.02. The van der Waals surface area contributed by atoms with Gasteiger partial charge in [-0.3, -0.25) is 11.3 Å². The molecule has 0 heterocycles. The van der Waals surface area contributed by atoms with Gasteiger partial charge < -0.3 is 0 Å². The van der Waals surface area contributed by atoms with Crippen molar-refractivity contribution in [3.63, 3.8) is 0 Å². The normalized spacial score (nSPS) is 18.8.